The Morgan fingerprint density at radius 2 is 1.18 bits per heavy atom. The van der Waals surface area contributed by atoms with Crippen molar-refractivity contribution < 1.29 is 0 Å². The molecule has 0 spiro atoms. The average molecular weight is 596 g/mol. The van der Waals surface area contributed by atoms with Crippen molar-refractivity contribution >= 4 is 60.7 Å². The molecule has 8 rings (SSSR count). The second-order valence-electron chi connectivity index (χ2n) is 12.3. The van der Waals surface area contributed by atoms with Gasteiger partial charge in [-0.2, -0.15) is 0 Å². The Bertz CT molecular complexity index is 2280. The SMILES string of the molecule is C=Cc1ccc(N(c2ccc(-c3ccc4c(c3)C(C)(C)c3ccccc3-4)cc2)c2ccc3sc4ccccc4c3c2)cc1C=C. The first-order valence-corrected chi connectivity index (χ1v) is 16.2. The molecule has 0 aliphatic heterocycles. The smallest absolute Gasteiger partial charge is 0.0468 e. The Kier molecular flexibility index (Phi) is 6.37. The van der Waals surface area contributed by atoms with Crippen molar-refractivity contribution in [1.29, 1.82) is 0 Å². The summed E-state index contributed by atoms with van der Waals surface area (Å²) in [7, 11) is 0. The van der Waals surface area contributed by atoms with Crippen LogP contribution < -0.4 is 4.90 Å². The molecule has 0 fully saturated rings. The minimum Gasteiger partial charge on any atom is -0.310 e. The Balaban J connectivity index is 1.24. The lowest BCUT2D eigenvalue weighted by Gasteiger charge is -2.27. The van der Waals surface area contributed by atoms with E-state index in [0.29, 0.717) is 0 Å². The van der Waals surface area contributed by atoms with Crippen LogP contribution in [-0.2, 0) is 5.41 Å². The van der Waals surface area contributed by atoms with E-state index in [2.05, 4.69) is 159 Å². The molecule has 1 heterocycles. The lowest BCUT2D eigenvalue weighted by molar-refractivity contribution is 0.660. The van der Waals surface area contributed by atoms with Gasteiger partial charge in [-0.15, -0.1) is 11.3 Å². The zero-order valence-corrected chi connectivity index (χ0v) is 26.4. The zero-order chi connectivity index (χ0) is 30.7. The fraction of sp³-hybridized carbons (Fsp3) is 0.0698. The Hall–Kier alpha value is -5.18. The van der Waals surface area contributed by atoms with Gasteiger partial charge in [0.15, 0.2) is 0 Å². The van der Waals surface area contributed by atoms with E-state index in [1.54, 1.807) is 0 Å². The second-order valence-corrected chi connectivity index (χ2v) is 13.4. The van der Waals surface area contributed by atoms with Gasteiger partial charge in [-0.1, -0.05) is 112 Å². The van der Waals surface area contributed by atoms with E-state index < -0.39 is 0 Å². The van der Waals surface area contributed by atoms with Gasteiger partial charge in [-0.25, -0.2) is 0 Å². The number of rotatable bonds is 6. The Labute approximate surface area is 269 Å². The van der Waals surface area contributed by atoms with E-state index in [9.17, 15) is 0 Å². The van der Waals surface area contributed by atoms with Crippen LogP contribution in [0.3, 0.4) is 0 Å². The predicted molar refractivity (Wildman–Crippen MR) is 197 cm³/mol. The summed E-state index contributed by atoms with van der Waals surface area (Å²) in [6.07, 6.45) is 3.80. The van der Waals surface area contributed by atoms with Crippen LogP contribution in [0.25, 0.3) is 54.6 Å². The molecule has 0 atom stereocenters. The summed E-state index contributed by atoms with van der Waals surface area (Å²) >= 11 is 1.85. The number of nitrogens with zero attached hydrogens (tertiary/aromatic N) is 1. The van der Waals surface area contributed by atoms with E-state index in [0.717, 1.165) is 28.2 Å². The third-order valence-corrected chi connectivity index (χ3v) is 10.6. The molecule has 0 bridgehead atoms. The molecule has 7 aromatic rings. The van der Waals surface area contributed by atoms with Gasteiger partial charge < -0.3 is 4.90 Å². The van der Waals surface area contributed by atoms with Crippen molar-refractivity contribution in [3.8, 4) is 22.3 Å². The van der Waals surface area contributed by atoms with Crippen molar-refractivity contribution in [2.24, 2.45) is 0 Å². The lowest BCUT2D eigenvalue weighted by atomic mass is 9.81. The molecule has 1 aliphatic carbocycles. The highest BCUT2D eigenvalue weighted by atomic mass is 32.1. The van der Waals surface area contributed by atoms with Gasteiger partial charge in [0.05, 0.1) is 0 Å². The highest BCUT2D eigenvalue weighted by molar-refractivity contribution is 7.25. The average Bonchev–Trinajstić information content (AvgIpc) is 3.57. The van der Waals surface area contributed by atoms with Crippen LogP contribution in [-0.4, -0.2) is 0 Å². The summed E-state index contributed by atoms with van der Waals surface area (Å²) in [5, 5.41) is 2.58. The molecule has 1 aromatic heterocycles. The third-order valence-electron chi connectivity index (χ3n) is 9.43. The fourth-order valence-electron chi connectivity index (χ4n) is 7.05. The van der Waals surface area contributed by atoms with Gasteiger partial charge in [0.2, 0.25) is 0 Å². The van der Waals surface area contributed by atoms with Crippen LogP contribution in [0, 0.1) is 0 Å². The highest BCUT2D eigenvalue weighted by Crippen LogP contribution is 2.49. The molecule has 1 aliphatic rings. The maximum Gasteiger partial charge on any atom is 0.0468 e. The molecule has 1 nitrogen and oxygen atoms in total. The molecule has 216 valence electrons. The van der Waals surface area contributed by atoms with Gasteiger partial charge in [0, 0.05) is 42.6 Å². The molecule has 6 aromatic carbocycles. The lowest BCUT2D eigenvalue weighted by Crippen LogP contribution is -2.14. The second kappa shape index (κ2) is 10.5. The van der Waals surface area contributed by atoms with Crippen LogP contribution >= 0.6 is 11.3 Å². The molecule has 0 saturated carbocycles. The van der Waals surface area contributed by atoms with Crippen molar-refractivity contribution in [2.75, 3.05) is 4.90 Å². The van der Waals surface area contributed by atoms with E-state index in [1.165, 1.54) is 53.6 Å². The summed E-state index contributed by atoms with van der Waals surface area (Å²) in [6.45, 7) is 12.8. The number of thiophene rings is 1. The van der Waals surface area contributed by atoms with Crippen LogP contribution in [0.15, 0.2) is 141 Å². The number of hydrogen-bond donors (Lipinski definition) is 0. The first-order valence-electron chi connectivity index (χ1n) is 15.4. The standard InChI is InChI=1S/C43H33NS/c1-5-28-15-21-33(25-29(28)6-2)44(34-22-24-42-38(27-34)37-12-8-10-14-41(37)45-42)32-19-16-30(17-20-32)31-18-23-36-35-11-7-9-13-39(35)43(3,4)40(36)26-31/h5-27H,1-2H2,3-4H3. The molecule has 0 radical (unpaired) electrons. The zero-order valence-electron chi connectivity index (χ0n) is 25.5. The van der Waals surface area contributed by atoms with E-state index in [1.807, 2.05) is 23.5 Å². The molecular formula is C43H33NS. The van der Waals surface area contributed by atoms with E-state index in [-0.39, 0.29) is 5.41 Å². The molecule has 45 heavy (non-hydrogen) atoms. The predicted octanol–water partition coefficient (Wildman–Crippen LogP) is 12.8. The summed E-state index contributed by atoms with van der Waals surface area (Å²) in [6, 6.07) is 46.8. The quantitative estimate of drug-likeness (QED) is 0.185. The van der Waals surface area contributed by atoms with Crippen molar-refractivity contribution in [3.63, 3.8) is 0 Å². The Morgan fingerprint density at radius 3 is 2.00 bits per heavy atom. The van der Waals surface area contributed by atoms with Crippen LogP contribution in [0.1, 0.15) is 36.1 Å². The molecular weight excluding hydrogens is 563 g/mol. The number of fused-ring (bicyclic) bond motifs is 6. The number of benzene rings is 6. The number of hydrogen-bond acceptors (Lipinski definition) is 2. The minimum atomic E-state index is -0.0242. The van der Waals surface area contributed by atoms with Gasteiger partial charge in [-0.3, -0.25) is 0 Å². The molecule has 0 amide bonds. The van der Waals surface area contributed by atoms with Gasteiger partial charge in [0.25, 0.3) is 0 Å². The third kappa shape index (κ3) is 4.36. The fourth-order valence-corrected chi connectivity index (χ4v) is 8.14. The minimum absolute atomic E-state index is 0.0242. The summed E-state index contributed by atoms with van der Waals surface area (Å²) in [5.74, 6) is 0. The van der Waals surface area contributed by atoms with Crippen molar-refractivity contribution in [1.82, 2.24) is 0 Å². The van der Waals surface area contributed by atoms with E-state index >= 15 is 0 Å². The van der Waals surface area contributed by atoms with Crippen LogP contribution in [0.2, 0.25) is 0 Å². The summed E-state index contributed by atoms with van der Waals surface area (Å²) in [4.78, 5) is 2.35. The normalized spacial score (nSPS) is 13.0. The van der Waals surface area contributed by atoms with Crippen molar-refractivity contribution in [2.45, 2.75) is 19.3 Å². The van der Waals surface area contributed by atoms with Gasteiger partial charge >= 0.3 is 0 Å². The topological polar surface area (TPSA) is 3.24 Å². The van der Waals surface area contributed by atoms with Crippen LogP contribution in [0.5, 0.6) is 0 Å². The maximum atomic E-state index is 4.08. The Morgan fingerprint density at radius 1 is 0.533 bits per heavy atom. The van der Waals surface area contributed by atoms with Crippen LogP contribution in [0.4, 0.5) is 17.1 Å². The summed E-state index contributed by atoms with van der Waals surface area (Å²) < 4.78 is 2.61. The van der Waals surface area contributed by atoms with E-state index in [4.69, 9.17) is 0 Å². The van der Waals surface area contributed by atoms with Crippen molar-refractivity contribution in [3.05, 3.63) is 163 Å². The maximum absolute atomic E-state index is 4.08. The highest BCUT2D eigenvalue weighted by Gasteiger charge is 2.35. The first-order chi connectivity index (χ1) is 22.0. The van der Waals surface area contributed by atoms with Gasteiger partial charge in [-0.05, 0) is 99.1 Å². The molecule has 0 saturated heterocycles. The molecule has 2 heteroatoms. The largest absolute Gasteiger partial charge is 0.310 e. The van der Waals surface area contributed by atoms with Gasteiger partial charge in [0.1, 0.15) is 0 Å². The first kappa shape index (κ1) is 27.4. The summed E-state index contributed by atoms with van der Waals surface area (Å²) in [5.41, 5.74) is 13.4. The molecule has 0 unspecified atom stereocenters. The monoisotopic (exact) mass is 595 g/mol. The number of anilines is 3. The molecule has 0 N–H and O–H groups in total.